The van der Waals surface area contributed by atoms with Crippen LogP contribution in [0.5, 0.6) is 0 Å². The molecular weight excluding hydrogens is 184 g/mol. The van der Waals surface area contributed by atoms with Crippen LogP contribution in [0.3, 0.4) is 0 Å². The standard InChI is InChI=1S/C13H18N2/c1-9(2)11-5-6-15-12(7-11)8-13(14-15)10(3)4/h5-10H,1-4H3. The maximum Gasteiger partial charge on any atom is 0.0667 e. The molecule has 15 heavy (non-hydrogen) atoms. The fourth-order valence-corrected chi connectivity index (χ4v) is 1.67. The molecule has 80 valence electrons. The van der Waals surface area contributed by atoms with Crippen LogP contribution in [-0.2, 0) is 0 Å². The first-order valence-electron chi connectivity index (χ1n) is 5.57. The highest BCUT2D eigenvalue weighted by molar-refractivity contribution is 5.50. The summed E-state index contributed by atoms with van der Waals surface area (Å²) in [6.07, 6.45) is 2.05. The highest BCUT2D eigenvalue weighted by Gasteiger charge is 2.06. The quantitative estimate of drug-likeness (QED) is 0.727. The topological polar surface area (TPSA) is 17.3 Å². The predicted octanol–water partition coefficient (Wildman–Crippen LogP) is 3.58. The molecule has 0 amide bonds. The SMILES string of the molecule is CC(C)c1ccn2nc(C(C)C)cc2c1. The minimum atomic E-state index is 0.493. The predicted molar refractivity (Wildman–Crippen MR) is 63.4 cm³/mol. The van der Waals surface area contributed by atoms with E-state index in [1.165, 1.54) is 11.1 Å². The van der Waals surface area contributed by atoms with Gasteiger partial charge in [-0.25, -0.2) is 4.52 Å². The number of nitrogens with zero attached hydrogens (tertiary/aromatic N) is 2. The Morgan fingerprint density at radius 2 is 1.80 bits per heavy atom. The molecule has 0 bridgehead atoms. The van der Waals surface area contributed by atoms with Gasteiger partial charge in [-0.2, -0.15) is 5.10 Å². The van der Waals surface area contributed by atoms with Crippen molar-refractivity contribution >= 4 is 5.52 Å². The normalized spacial score (nSPS) is 11.9. The summed E-state index contributed by atoms with van der Waals surface area (Å²) < 4.78 is 1.96. The molecule has 0 unspecified atom stereocenters. The second-order valence-electron chi connectivity index (χ2n) is 4.71. The van der Waals surface area contributed by atoms with Crippen LogP contribution in [0.2, 0.25) is 0 Å². The zero-order valence-corrected chi connectivity index (χ0v) is 9.86. The summed E-state index contributed by atoms with van der Waals surface area (Å²) >= 11 is 0. The molecule has 0 fully saturated rings. The highest BCUT2D eigenvalue weighted by atomic mass is 15.2. The fourth-order valence-electron chi connectivity index (χ4n) is 1.67. The van der Waals surface area contributed by atoms with Crippen molar-refractivity contribution in [1.82, 2.24) is 9.61 Å². The molecule has 0 aliphatic heterocycles. The van der Waals surface area contributed by atoms with Gasteiger partial charge in [0.05, 0.1) is 11.2 Å². The number of rotatable bonds is 2. The Morgan fingerprint density at radius 3 is 2.40 bits per heavy atom. The van der Waals surface area contributed by atoms with Gasteiger partial charge < -0.3 is 0 Å². The number of aromatic nitrogens is 2. The van der Waals surface area contributed by atoms with E-state index < -0.39 is 0 Å². The van der Waals surface area contributed by atoms with Crippen LogP contribution in [0.4, 0.5) is 0 Å². The lowest BCUT2D eigenvalue weighted by Crippen LogP contribution is -1.92. The Hall–Kier alpha value is -1.31. The van der Waals surface area contributed by atoms with Crippen molar-refractivity contribution in [1.29, 1.82) is 0 Å². The summed E-state index contributed by atoms with van der Waals surface area (Å²) in [5.41, 5.74) is 3.73. The molecule has 0 radical (unpaired) electrons. The lowest BCUT2D eigenvalue weighted by atomic mass is 10.0. The molecule has 2 heteroatoms. The van der Waals surface area contributed by atoms with E-state index in [9.17, 15) is 0 Å². The second kappa shape index (κ2) is 3.69. The molecule has 2 heterocycles. The smallest absolute Gasteiger partial charge is 0.0667 e. The molecule has 0 saturated heterocycles. The van der Waals surface area contributed by atoms with Crippen molar-refractivity contribution in [2.24, 2.45) is 0 Å². The minimum absolute atomic E-state index is 0.493. The van der Waals surface area contributed by atoms with Crippen LogP contribution in [0.1, 0.15) is 50.8 Å². The van der Waals surface area contributed by atoms with Gasteiger partial charge in [0, 0.05) is 6.20 Å². The molecule has 0 spiro atoms. The second-order valence-corrected chi connectivity index (χ2v) is 4.71. The van der Waals surface area contributed by atoms with E-state index in [2.05, 4.69) is 57.2 Å². The van der Waals surface area contributed by atoms with E-state index in [4.69, 9.17) is 0 Å². The number of hydrogen-bond acceptors (Lipinski definition) is 1. The molecule has 2 rings (SSSR count). The van der Waals surface area contributed by atoms with E-state index in [1.54, 1.807) is 0 Å². The van der Waals surface area contributed by atoms with Gasteiger partial charge >= 0.3 is 0 Å². The van der Waals surface area contributed by atoms with Crippen LogP contribution >= 0.6 is 0 Å². The Morgan fingerprint density at radius 1 is 1.07 bits per heavy atom. The summed E-state index contributed by atoms with van der Waals surface area (Å²) in [6, 6.07) is 6.55. The molecule has 2 aromatic rings. The van der Waals surface area contributed by atoms with Crippen LogP contribution < -0.4 is 0 Å². The first-order chi connectivity index (χ1) is 7.08. The van der Waals surface area contributed by atoms with Crippen LogP contribution in [-0.4, -0.2) is 9.61 Å². The van der Waals surface area contributed by atoms with Crippen molar-refractivity contribution in [3.05, 3.63) is 35.7 Å². The summed E-state index contributed by atoms with van der Waals surface area (Å²) in [7, 11) is 0. The Bertz CT molecular complexity index is 460. The van der Waals surface area contributed by atoms with Crippen LogP contribution in [0.15, 0.2) is 24.4 Å². The lowest BCUT2D eigenvalue weighted by molar-refractivity contribution is 0.785. The van der Waals surface area contributed by atoms with E-state index in [-0.39, 0.29) is 0 Å². The Labute approximate surface area is 90.9 Å². The summed E-state index contributed by atoms with van der Waals surface area (Å²) in [5, 5.41) is 4.53. The molecule has 0 aromatic carbocycles. The first-order valence-corrected chi connectivity index (χ1v) is 5.57. The molecule has 0 aliphatic rings. The average Bonchev–Trinajstić information content (AvgIpc) is 2.59. The monoisotopic (exact) mass is 202 g/mol. The van der Waals surface area contributed by atoms with Gasteiger partial charge in [-0.3, -0.25) is 0 Å². The summed E-state index contributed by atoms with van der Waals surface area (Å²) in [6.45, 7) is 8.77. The van der Waals surface area contributed by atoms with Gasteiger partial charge in [0.25, 0.3) is 0 Å². The molecule has 0 aliphatic carbocycles. The van der Waals surface area contributed by atoms with Crippen LogP contribution in [0, 0.1) is 0 Å². The van der Waals surface area contributed by atoms with Crippen molar-refractivity contribution < 1.29 is 0 Å². The van der Waals surface area contributed by atoms with E-state index >= 15 is 0 Å². The Kier molecular flexibility index (Phi) is 2.51. The molecule has 0 saturated carbocycles. The van der Waals surface area contributed by atoms with Crippen molar-refractivity contribution in [3.8, 4) is 0 Å². The zero-order valence-electron chi connectivity index (χ0n) is 9.86. The van der Waals surface area contributed by atoms with E-state index in [0.717, 1.165) is 5.69 Å². The summed E-state index contributed by atoms with van der Waals surface area (Å²) in [5.74, 6) is 1.07. The molecular formula is C13H18N2. The zero-order chi connectivity index (χ0) is 11.0. The van der Waals surface area contributed by atoms with Crippen molar-refractivity contribution in [2.45, 2.75) is 39.5 Å². The van der Waals surface area contributed by atoms with Gasteiger partial charge in [0.15, 0.2) is 0 Å². The fraction of sp³-hybridized carbons (Fsp3) is 0.462. The van der Waals surface area contributed by atoms with Crippen LogP contribution in [0.25, 0.3) is 5.52 Å². The third-order valence-electron chi connectivity index (χ3n) is 2.76. The number of hydrogen-bond donors (Lipinski definition) is 0. The highest BCUT2D eigenvalue weighted by Crippen LogP contribution is 2.19. The van der Waals surface area contributed by atoms with Gasteiger partial charge in [-0.05, 0) is 35.6 Å². The lowest BCUT2D eigenvalue weighted by Gasteiger charge is -2.04. The average molecular weight is 202 g/mol. The van der Waals surface area contributed by atoms with Gasteiger partial charge in [-0.15, -0.1) is 0 Å². The van der Waals surface area contributed by atoms with Gasteiger partial charge in [0.1, 0.15) is 0 Å². The van der Waals surface area contributed by atoms with E-state index in [0.29, 0.717) is 11.8 Å². The molecule has 0 N–H and O–H groups in total. The number of pyridine rings is 1. The van der Waals surface area contributed by atoms with Crippen molar-refractivity contribution in [2.75, 3.05) is 0 Å². The Balaban J connectivity index is 2.52. The maximum absolute atomic E-state index is 4.53. The van der Waals surface area contributed by atoms with E-state index in [1.807, 2.05) is 4.52 Å². The summed E-state index contributed by atoms with van der Waals surface area (Å²) in [4.78, 5) is 0. The van der Waals surface area contributed by atoms with Gasteiger partial charge in [-0.1, -0.05) is 27.7 Å². The first kappa shape index (κ1) is 10.2. The maximum atomic E-state index is 4.53. The number of fused-ring (bicyclic) bond motifs is 1. The molecule has 0 atom stereocenters. The largest absolute Gasteiger partial charge is 0.241 e. The van der Waals surface area contributed by atoms with Gasteiger partial charge in [0.2, 0.25) is 0 Å². The molecule has 2 aromatic heterocycles. The van der Waals surface area contributed by atoms with Crippen molar-refractivity contribution in [3.63, 3.8) is 0 Å². The molecule has 2 nitrogen and oxygen atoms in total. The third kappa shape index (κ3) is 1.89. The third-order valence-corrected chi connectivity index (χ3v) is 2.76. The minimum Gasteiger partial charge on any atom is -0.241 e.